The highest BCUT2D eigenvalue weighted by molar-refractivity contribution is 5.86. The van der Waals surface area contributed by atoms with Crippen LogP contribution in [0, 0.1) is 11.8 Å². The molecular formula is C22H27F6N3O. The van der Waals surface area contributed by atoms with Gasteiger partial charge in [-0.15, -0.1) is 0 Å². The molecule has 3 rings (SSSR count). The number of hydrogen-bond acceptors (Lipinski definition) is 4. The molecule has 3 atom stereocenters. The molecule has 2 heterocycles. The van der Waals surface area contributed by atoms with Gasteiger partial charge in [0.2, 0.25) is 0 Å². The van der Waals surface area contributed by atoms with Crippen molar-refractivity contribution >= 4 is 10.9 Å². The third-order valence-corrected chi connectivity index (χ3v) is 5.71. The Morgan fingerprint density at radius 1 is 1.09 bits per heavy atom. The minimum atomic E-state index is -4.95. The number of rotatable bonds is 6. The molecule has 10 heteroatoms. The number of halogens is 6. The van der Waals surface area contributed by atoms with Crippen LogP contribution in [-0.2, 0) is 12.4 Å². The summed E-state index contributed by atoms with van der Waals surface area (Å²) in [6.45, 7) is 7.40. The summed E-state index contributed by atoms with van der Waals surface area (Å²) in [7, 11) is 0. The van der Waals surface area contributed by atoms with Crippen molar-refractivity contribution in [2.75, 3.05) is 32.7 Å². The maximum atomic E-state index is 13.4. The standard InChI is InChI=1S/C22H27F6N3O/c1-13-8-14(2)12-31(11-13)7-6-29-10-18(32)16-9-19(22(26,27)28)30-20-15(16)4-3-5-17(20)21(23,24)25/h3-5,9,13-14,18,29,32H,6-8,10-12H2,1-2H3. The number of aliphatic hydroxyl groups is 1. The van der Waals surface area contributed by atoms with Crippen molar-refractivity contribution in [1.29, 1.82) is 0 Å². The lowest BCUT2D eigenvalue weighted by Gasteiger charge is -2.35. The van der Waals surface area contributed by atoms with Crippen LogP contribution in [0.1, 0.15) is 43.2 Å². The van der Waals surface area contributed by atoms with Crippen LogP contribution >= 0.6 is 0 Å². The number of nitrogens with zero attached hydrogens (tertiary/aromatic N) is 2. The van der Waals surface area contributed by atoms with Gasteiger partial charge >= 0.3 is 12.4 Å². The second-order valence-electron chi connectivity index (χ2n) is 8.72. The molecule has 178 valence electrons. The molecule has 2 aromatic rings. The first-order valence-corrected chi connectivity index (χ1v) is 10.6. The molecular weight excluding hydrogens is 436 g/mol. The van der Waals surface area contributed by atoms with Crippen molar-refractivity contribution in [1.82, 2.24) is 15.2 Å². The Bertz CT molecular complexity index is 920. The maximum Gasteiger partial charge on any atom is 0.433 e. The monoisotopic (exact) mass is 463 g/mol. The maximum absolute atomic E-state index is 13.4. The molecule has 3 unspecified atom stereocenters. The number of aromatic nitrogens is 1. The first-order valence-electron chi connectivity index (χ1n) is 10.6. The van der Waals surface area contributed by atoms with Crippen LogP contribution in [0.15, 0.2) is 24.3 Å². The van der Waals surface area contributed by atoms with E-state index < -0.39 is 35.2 Å². The van der Waals surface area contributed by atoms with E-state index in [9.17, 15) is 31.4 Å². The van der Waals surface area contributed by atoms with Gasteiger partial charge in [-0.25, -0.2) is 4.98 Å². The van der Waals surface area contributed by atoms with Gasteiger partial charge < -0.3 is 15.3 Å². The van der Waals surface area contributed by atoms with Crippen molar-refractivity contribution < 1.29 is 31.4 Å². The smallest absolute Gasteiger partial charge is 0.387 e. The predicted octanol–water partition coefficient (Wildman–Crippen LogP) is 4.87. The molecule has 1 aromatic heterocycles. The molecule has 1 fully saturated rings. The lowest BCUT2D eigenvalue weighted by Crippen LogP contribution is -2.42. The normalized spacial score (nSPS) is 21.8. The van der Waals surface area contributed by atoms with Gasteiger partial charge in [-0.2, -0.15) is 26.3 Å². The molecule has 2 N–H and O–H groups in total. The average molecular weight is 463 g/mol. The summed E-state index contributed by atoms with van der Waals surface area (Å²) in [5, 5.41) is 13.4. The predicted molar refractivity (Wildman–Crippen MR) is 109 cm³/mol. The number of benzene rings is 1. The lowest BCUT2D eigenvalue weighted by atomic mass is 9.92. The number of pyridine rings is 1. The number of piperidine rings is 1. The number of likely N-dealkylation sites (tertiary alicyclic amines) is 1. The third-order valence-electron chi connectivity index (χ3n) is 5.71. The van der Waals surface area contributed by atoms with Gasteiger partial charge in [-0.3, -0.25) is 0 Å². The van der Waals surface area contributed by atoms with E-state index in [1.54, 1.807) is 0 Å². The number of hydrogen-bond donors (Lipinski definition) is 2. The second-order valence-corrected chi connectivity index (χ2v) is 8.72. The topological polar surface area (TPSA) is 48.4 Å². The number of fused-ring (bicyclic) bond motifs is 1. The van der Waals surface area contributed by atoms with E-state index in [0.29, 0.717) is 37.1 Å². The van der Waals surface area contributed by atoms with Gasteiger partial charge in [0.25, 0.3) is 0 Å². The minimum absolute atomic E-state index is 0.0917. The van der Waals surface area contributed by atoms with Gasteiger partial charge in [0.1, 0.15) is 5.69 Å². The fourth-order valence-corrected chi connectivity index (χ4v) is 4.48. The van der Waals surface area contributed by atoms with Crippen molar-refractivity contribution in [3.63, 3.8) is 0 Å². The summed E-state index contributed by atoms with van der Waals surface area (Å²) in [4.78, 5) is 5.53. The molecule has 0 aliphatic carbocycles. The minimum Gasteiger partial charge on any atom is -0.387 e. The largest absolute Gasteiger partial charge is 0.433 e. The zero-order chi connectivity index (χ0) is 23.7. The van der Waals surface area contributed by atoms with Crippen molar-refractivity contribution in [2.45, 2.75) is 38.7 Å². The van der Waals surface area contributed by atoms with Crippen LogP contribution in [0.2, 0.25) is 0 Å². The van der Waals surface area contributed by atoms with Crippen molar-refractivity contribution in [3.8, 4) is 0 Å². The Morgan fingerprint density at radius 2 is 1.75 bits per heavy atom. The molecule has 0 radical (unpaired) electrons. The lowest BCUT2D eigenvalue weighted by molar-refractivity contribution is -0.142. The molecule has 0 amide bonds. The highest BCUT2D eigenvalue weighted by Gasteiger charge is 2.38. The summed E-state index contributed by atoms with van der Waals surface area (Å²) >= 11 is 0. The van der Waals surface area contributed by atoms with E-state index in [0.717, 1.165) is 19.2 Å². The first kappa shape index (κ1) is 24.7. The SMILES string of the molecule is CC1CC(C)CN(CCNCC(O)c2cc(C(F)(F)F)nc3c(C(F)(F)F)cccc23)C1. The van der Waals surface area contributed by atoms with Crippen molar-refractivity contribution in [3.05, 3.63) is 41.1 Å². The van der Waals surface area contributed by atoms with Crippen LogP contribution in [0.3, 0.4) is 0 Å². The molecule has 32 heavy (non-hydrogen) atoms. The van der Waals surface area contributed by atoms with E-state index in [2.05, 4.69) is 29.0 Å². The highest BCUT2D eigenvalue weighted by atomic mass is 19.4. The zero-order valence-electron chi connectivity index (χ0n) is 17.9. The highest BCUT2D eigenvalue weighted by Crippen LogP contribution is 2.38. The van der Waals surface area contributed by atoms with E-state index in [1.807, 2.05) is 0 Å². The summed E-state index contributed by atoms with van der Waals surface area (Å²) in [5.41, 5.74) is -3.79. The van der Waals surface area contributed by atoms with E-state index in [-0.39, 0.29) is 17.5 Å². The quantitative estimate of drug-likeness (QED) is 0.474. The van der Waals surface area contributed by atoms with Gasteiger partial charge in [0.15, 0.2) is 0 Å². The Balaban J connectivity index is 1.79. The van der Waals surface area contributed by atoms with Gasteiger partial charge in [0, 0.05) is 38.1 Å². The summed E-state index contributed by atoms with van der Waals surface area (Å²) in [5.74, 6) is 1.16. The van der Waals surface area contributed by atoms with Crippen LogP contribution < -0.4 is 5.32 Å². The van der Waals surface area contributed by atoms with E-state index in [4.69, 9.17) is 0 Å². The average Bonchev–Trinajstić information content (AvgIpc) is 2.67. The Labute approximate surface area is 182 Å². The van der Waals surface area contributed by atoms with Crippen LogP contribution in [0.25, 0.3) is 10.9 Å². The Morgan fingerprint density at radius 3 is 2.34 bits per heavy atom. The molecule has 1 aliphatic rings. The fraction of sp³-hybridized carbons (Fsp3) is 0.591. The fourth-order valence-electron chi connectivity index (χ4n) is 4.48. The van der Waals surface area contributed by atoms with Crippen LogP contribution in [0.4, 0.5) is 26.3 Å². The molecule has 0 bridgehead atoms. The summed E-state index contributed by atoms with van der Waals surface area (Å²) in [6.07, 6.45) is -10.1. The molecule has 1 aromatic carbocycles. The second kappa shape index (κ2) is 9.52. The zero-order valence-corrected chi connectivity index (χ0v) is 17.9. The van der Waals surface area contributed by atoms with Crippen molar-refractivity contribution in [2.24, 2.45) is 11.8 Å². The number of alkyl halides is 6. The summed E-state index contributed by atoms with van der Waals surface area (Å²) in [6, 6.07) is 3.66. The molecule has 1 aliphatic heterocycles. The number of nitrogens with one attached hydrogen (secondary N) is 1. The number of aliphatic hydroxyl groups excluding tert-OH is 1. The van der Waals surface area contributed by atoms with Gasteiger partial charge in [0.05, 0.1) is 17.2 Å². The molecule has 1 saturated heterocycles. The molecule has 0 spiro atoms. The summed E-state index contributed by atoms with van der Waals surface area (Å²) < 4.78 is 80.0. The number of para-hydroxylation sites is 1. The molecule has 4 nitrogen and oxygen atoms in total. The van der Waals surface area contributed by atoms with Crippen LogP contribution in [-0.4, -0.2) is 47.7 Å². The first-order chi connectivity index (χ1) is 14.9. The van der Waals surface area contributed by atoms with E-state index >= 15 is 0 Å². The van der Waals surface area contributed by atoms with Crippen LogP contribution in [0.5, 0.6) is 0 Å². The van der Waals surface area contributed by atoms with E-state index in [1.165, 1.54) is 12.5 Å². The third kappa shape index (κ3) is 5.90. The molecule has 0 saturated carbocycles. The van der Waals surface area contributed by atoms with Gasteiger partial charge in [-0.05, 0) is 36.0 Å². The van der Waals surface area contributed by atoms with Gasteiger partial charge in [-0.1, -0.05) is 26.0 Å². The Hall–Kier alpha value is -1.91. The Kier molecular flexibility index (Phi) is 7.36.